The van der Waals surface area contributed by atoms with Crippen molar-refractivity contribution in [2.24, 2.45) is 5.92 Å². The molecule has 2 nitrogen and oxygen atoms in total. The van der Waals surface area contributed by atoms with Crippen molar-refractivity contribution in [2.45, 2.75) is 20.3 Å². The first-order chi connectivity index (χ1) is 7.56. The van der Waals surface area contributed by atoms with E-state index in [4.69, 9.17) is 4.42 Å². The van der Waals surface area contributed by atoms with Gasteiger partial charge in [0.2, 0.25) is 0 Å². The van der Waals surface area contributed by atoms with Gasteiger partial charge < -0.3 is 4.42 Å². The summed E-state index contributed by atoms with van der Waals surface area (Å²) in [5.74, 6) is 0.886. The maximum absolute atomic E-state index is 11.8. The van der Waals surface area contributed by atoms with Crippen molar-refractivity contribution in [3.63, 3.8) is 0 Å². The topological polar surface area (TPSA) is 30.2 Å². The Morgan fingerprint density at radius 3 is 2.81 bits per heavy atom. The minimum absolute atomic E-state index is 0.0716. The maximum atomic E-state index is 11.8. The summed E-state index contributed by atoms with van der Waals surface area (Å²) in [6.07, 6.45) is 0.529. The van der Waals surface area contributed by atoms with Crippen molar-refractivity contribution in [3.05, 3.63) is 34.5 Å². The molecule has 84 valence electrons. The standard InChI is InChI=1S/C13H13BrO2/c1-8(2)5-11(15)13-6-9-3-4-10(14)7-12(9)16-13/h3-4,6-8H,5H2,1-2H3. The van der Waals surface area contributed by atoms with Crippen molar-refractivity contribution in [3.8, 4) is 0 Å². The van der Waals surface area contributed by atoms with Gasteiger partial charge in [0.25, 0.3) is 0 Å². The highest BCUT2D eigenvalue weighted by Crippen LogP contribution is 2.24. The minimum atomic E-state index is 0.0716. The van der Waals surface area contributed by atoms with Crippen LogP contribution in [0.15, 0.2) is 33.2 Å². The lowest BCUT2D eigenvalue weighted by Gasteiger charge is -1.99. The molecule has 1 aromatic carbocycles. The molecule has 0 amide bonds. The number of furan rings is 1. The van der Waals surface area contributed by atoms with Crippen molar-refractivity contribution < 1.29 is 9.21 Å². The van der Waals surface area contributed by atoms with Crippen LogP contribution in [0.3, 0.4) is 0 Å². The Morgan fingerprint density at radius 2 is 2.12 bits per heavy atom. The Hall–Kier alpha value is -1.09. The molecule has 0 aliphatic carbocycles. The molecule has 2 aromatic rings. The van der Waals surface area contributed by atoms with E-state index in [9.17, 15) is 4.79 Å². The molecule has 0 saturated heterocycles. The highest BCUT2D eigenvalue weighted by Gasteiger charge is 2.13. The van der Waals surface area contributed by atoms with E-state index in [-0.39, 0.29) is 5.78 Å². The number of fused-ring (bicyclic) bond motifs is 1. The van der Waals surface area contributed by atoms with Crippen LogP contribution in [0, 0.1) is 5.92 Å². The molecule has 0 N–H and O–H groups in total. The van der Waals surface area contributed by atoms with Gasteiger partial charge in [-0.2, -0.15) is 0 Å². The van der Waals surface area contributed by atoms with Crippen molar-refractivity contribution in [1.82, 2.24) is 0 Å². The first kappa shape index (κ1) is 11.4. The number of hydrogen-bond acceptors (Lipinski definition) is 2. The van der Waals surface area contributed by atoms with Crippen LogP contribution in [-0.2, 0) is 0 Å². The van der Waals surface area contributed by atoms with E-state index in [0.717, 1.165) is 15.4 Å². The third-order valence-corrected chi connectivity index (χ3v) is 2.84. The molecule has 16 heavy (non-hydrogen) atoms. The zero-order valence-electron chi connectivity index (χ0n) is 9.29. The fourth-order valence-electron chi connectivity index (χ4n) is 1.61. The number of hydrogen-bond donors (Lipinski definition) is 0. The molecule has 0 aliphatic rings. The normalized spacial score (nSPS) is 11.2. The monoisotopic (exact) mass is 280 g/mol. The van der Waals surface area contributed by atoms with Gasteiger partial charge in [0.15, 0.2) is 11.5 Å². The lowest BCUT2D eigenvalue weighted by molar-refractivity contribution is 0.0943. The minimum Gasteiger partial charge on any atom is -0.453 e. The van der Waals surface area contributed by atoms with E-state index in [1.807, 2.05) is 38.1 Å². The van der Waals surface area contributed by atoms with E-state index in [2.05, 4.69) is 15.9 Å². The Labute approximate surface area is 103 Å². The zero-order valence-corrected chi connectivity index (χ0v) is 10.9. The first-order valence-corrected chi connectivity index (χ1v) is 6.08. The zero-order chi connectivity index (χ0) is 11.7. The molecule has 0 aliphatic heterocycles. The van der Waals surface area contributed by atoms with Gasteiger partial charge in [0.05, 0.1) is 0 Å². The summed E-state index contributed by atoms with van der Waals surface area (Å²) in [6.45, 7) is 4.05. The highest BCUT2D eigenvalue weighted by molar-refractivity contribution is 9.10. The van der Waals surface area contributed by atoms with E-state index < -0.39 is 0 Å². The summed E-state index contributed by atoms with van der Waals surface area (Å²) < 4.78 is 6.49. The molecule has 3 heteroatoms. The van der Waals surface area contributed by atoms with E-state index >= 15 is 0 Å². The van der Waals surface area contributed by atoms with Crippen LogP contribution in [0.5, 0.6) is 0 Å². The van der Waals surface area contributed by atoms with Gasteiger partial charge in [-0.05, 0) is 30.2 Å². The van der Waals surface area contributed by atoms with Crippen molar-refractivity contribution in [2.75, 3.05) is 0 Å². The Balaban J connectivity index is 2.36. The van der Waals surface area contributed by atoms with E-state index in [1.165, 1.54) is 0 Å². The molecule has 0 atom stereocenters. The van der Waals surface area contributed by atoms with Crippen LogP contribution in [0.1, 0.15) is 30.8 Å². The number of carbonyl (C=O) groups excluding carboxylic acids is 1. The van der Waals surface area contributed by atoms with Crippen LogP contribution >= 0.6 is 15.9 Å². The largest absolute Gasteiger partial charge is 0.453 e. The van der Waals surface area contributed by atoms with Gasteiger partial charge in [0, 0.05) is 16.3 Å². The van der Waals surface area contributed by atoms with E-state index in [0.29, 0.717) is 18.1 Å². The average molecular weight is 281 g/mol. The first-order valence-electron chi connectivity index (χ1n) is 5.28. The summed E-state index contributed by atoms with van der Waals surface area (Å²) in [5.41, 5.74) is 0.751. The molecule has 0 fully saturated rings. The van der Waals surface area contributed by atoms with Crippen LogP contribution in [0.25, 0.3) is 11.0 Å². The number of ketones is 1. The van der Waals surface area contributed by atoms with Crippen LogP contribution in [-0.4, -0.2) is 5.78 Å². The second-order valence-electron chi connectivity index (χ2n) is 4.31. The van der Waals surface area contributed by atoms with Gasteiger partial charge in [-0.1, -0.05) is 29.8 Å². The van der Waals surface area contributed by atoms with Crippen molar-refractivity contribution >= 4 is 32.7 Å². The highest BCUT2D eigenvalue weighted by atomic mass is 79.9. The molecule has 1 heterocycles. The second kappa shape index (κ2) is 4.42. The summed E-state index contributed by atoms with van der Waals surface area (Å²) in [7, 11) is 0. The predicted octanol–water partition coefficient (Wildman–Crippen LogP) is 4.42. The molecule has 0 saturated carbocycles. The van der Waals surface area contributed by atoms with Crippen LogP contribution < -0.4 is 0 Å². The van der Waals surface area contributed by atoms with Crippen LogP contribution in [0.2, 0.25) is 0 Å². The third-order valence-electron chi connectivity index (χ3n) is 2.35. The number of halogens is 1. The second-order valence-corrected chi connectivity index (χ2v) is 5.23. The van der Waals surface area contributed by atoms with Gasteiger partial charge >= 0.3 is 0 Å². The third kappa shape index (κ3) is 2.35. The van der Waals surface area contributed by atoms with Gasteiger partial charge in [-0.15, -0.1) is 0 Å². The average Bonchev–Trinajstić information content (AvgIpc) is 2.59. The number of carbonyl (C=O) groups is 1. The molecule has 0 bridgehead atoms. The summed E-state index contributed by atoms with van der Waals surface area (Å²) in [6, 6.07) is 7.57. The Morgan fingerprint density at radius 1 is 1.38 bits per heavy atom. The Bertz CT molecular complexity index is 526. The van der Waals surface area contributed by atoms with E-state index in [1.54, 1.807) is 0 Å². The van der Waals surface area contributed by atoms with Crippen molar-refractivity contribution in [1.29, 1.82) is 0 Å². The molecular formula is C13H13BrO2. The van der Waals surface area contributed by atoms with Crippen LogP contribution in [0.4, 0.5) is 0 Å². The molecular weight excluding hydrogens is 268 g/mol. The molecule has 0 unspecified atom stereocenters. The smallest absolute Gasteiger partial charge is 0.198 e. The molecule has 0 radical (unpaired) electrons. The fourth-order valence-corrected chi connectivity index (χ4v) is 1.95. The fraction of sp³-hybridized carbons (Fsp3) is 0.308. The summed E-state index contributed by atoms with van der Waals surface area (Å²) >= 11 is 3.37. The molecule has 1 aromatic heterocycles. The Kier molecular flexibility index (Phi) is 3.15. The predicted molar refractivity (Wildman–Crippen MR) is 67.7 cm³/mol. The number of rotatable bonds is 3. The van der Waals surface area contributed by atoms with Gasteiger partial charge in [-0.25, -0.2) is 0 Å². The van der Waals surface area contributed by atoms with Gasteiger partial charge in [-0.3, -0.25) is 4.79 Å². The lowest BCUT2D eigenvalue weighted by Crippen LogP contribution is -2.01. The quantitative estimate of drug-likeness (QED) is 0.779. The van der Waals surface area contributed by atoms with Gasteiger partial charge in [0.1, 0.15) is 5.58 Å². The number of benzene rings is 1. The SMILES string of the molecule is CC(C)CC(=O)c1cc2ccc(Br)cc2o1. The number of Topliss-reactive ketones (excluding diaryl/α,β-unsaturated/α-hetero) is 1. The lowest BCUT2D eigenvalue weighted by atomic mass is 10.1. The molecule has 0 spiro atoms. The maximum Gasteiger partial charge on any atom is 0.198 e. The molecule has 2 rings (SSSR count). The summed E-state index contributed by atoms with van der Waals surface area (Å²) in [4.78, 5) is 11.8. The summed E-state index contributed by atoms with van der Waals surface area (Å²) in [5, 5.41) is 0.968.